The van der Waals surface area contributed by atoms with Gasteiger partial charge in [-0.2, -0.15) is 0 Å². The van der Waals surface area contributed by atoms with Crippen molar-refractivity contribution in [3.63, 3.8) is 0 Å². The highest BCUT2D eigenvalue weighted by molar-refractivity contribution is 6.30. The van der Waals surface area contributed by atoms with Gasteiger partial charge >= 0.3 is 0 Å². The Hall–Kier alpha value is -1.31. The smallest absolute Gasteiger partial charge is 0.0582 e. The van der Waals surface area contributed by atoms with Crippen molar-refractivity contribution in [1.82, 2.24) is 5.32 Å². The normalized spacial score (nSPS) is 12.4. The van der Waals surface area contributed by atoms with E-state index in [2.05, 4.69) is 57.3 Å². The molecular weight excluding hydrogens is 278 g/mol. The zero-order valence-corrected chi connectivity index (χ0v) is 14.1. The number of rotatable bonds is 5. The molecule has 0 aromatic heterocycles. The SMILES string of the molecule is CCCNC(c1cccc(Cl)c1)c1c(C)cc(C)cc1C. The lowest BCUT2D eigenvalue weighted by Gasteiger charge is -2.24. The van der Waals surface area contributed by atoms with Crippen LogP contribution in [0.4, 0.5) is 0 Å². The lowest BCUT2D eigenvalue weighted by Crippen LogP contribution is -2.24. The summed E-state index contributed by atoms with van der Waals surface area (Å²) in [4.78, 5) is 0. The Kier molecular flexibility index (Phi) is 5.44. The monoisotopic (exact) mass is 301 g/mol. The molecule has 0 amide bonds. The van der Waals surface area contributed by atoms with E-state index in [0.717, 1.165) is 18.0 Å². The first-order chi connectivity index (χ1) is 10.0. The predicted molar refractivity (Wildman–Crippen MR) is 92.2 cm³/mol. The fourth-order valence-electron chi connectivity index (χ4n) is 3.01. The fraction of sp³-hybridized carbons (Fsp3) is 0.368. The number of benzene rings is 2. The van der Waals surface area contributed by atoms with E-state index < -0.39 is 0 Å². The third-order valence-corrected chi connectivity index (χ3v) is 4.04. The maximum Gasteiger partial charge on any atom is 0.0582 e. The van der Waals surface area contributed by atoms with E-state index >= 15 is 0 Å². The number of halogens is 1. The molecule has 2 heteroatoms. The molecule has 0 fully saturated rings. The highest BCUT2D eigenvalue weighted by atomic mass is 35.5. The standard InChI is InChI=1S/C19H24ClN/c1-5-9-21-19(16-7-6-8-17(20)12-16)18-14(3)10-13(2)11-15(18)4/h6-8,10-12,19,21H,5,9H2,1-4H3. The molecule has 0 spiro atoms. The maximum absolute atomic E-state index is 6.19. The second-order valence-electron chi connectivity index (χ2n) is 5.75. The predicted octanol–water partition coefficient (Wildman–Crippen LogP) is 5.35. The summed E-state index contributed by atoms with van der Waals surface area (Å²) in [6.07, 6.45) is 1.11. The van der Waals surface area contributed by atoms with Crippen molar-refractivity contribution in [2.24, 2.45) is 0 Å². The van der Waals surface area contributed by atoms with Crippen LogP contribution >= 0.6 is 11.6 Å². The first kappa shape index (κ1) is 16.1. The van der Waals surface area contributed by atoms with Gasteiger partial charge < -0.3 is 5.32 Å². The topological polar surface area (TPSA) is 12.0 Å². The minimum absolute atomic E-state index is 0.198. The molecular formula is C19H24ClN. The second kappa shape index (κ2) is 7.11. The molecule has 0 heterocycles. The molecule has 0 bridgehead atoms. The van der Waals surface area contributed by atoms with Crippen LogP contribution in [0.2, 0.25) is 5.02 Å². The first-order valence-electron chi connectivity index (χ1n) is 7.59. The average Bonchev–Trinajstić information content (AvgIpc) is 2.41. The summed E-state index contributed by atoms with van der Waals surface area (Å²) in [6, 6.07) is 12.9. The van der Waals surface area contributed by atoms with Crippen LogP contribution in [0.3, 0.4) is 0 Å². The molecule has 0 radical (unpaired) electrons. The Balaban J connectivity index is 2.50. The summed E-state index contributed by atoms with van der Waals surface area (Å²) in [5, 5.41) is 4.46. The van der Waals surface area contributed by atoms with E-state index in [1.54, 1.807) is 0 Å². The quantitative estimate of drug-likeness (QED) is 0.784. The van der Waals surface area contributed by atoms with E-state index in [4.69, 9.17) is 11.6 Å². The van der Waals surface area contributed by atoms with E-state index in [0.29, 0.717) is 0 Å². The summed E-state index contributed by atoms with van der Waals surface area (Å²) in [5.74, 6) is 0. The summed E-state index contributed by atoms with van der Waals surface area (Å²) in [7, 11) is 0. The van der Waals surface area contributed by atoms with Crippen molar-refractivity contribution in [1.29, 1.82) is 0 Å². The van der Waals surface area contributed by atoms with Crippen LogP contribution in [-0.2, 0) is 0 Å². The lowest BCUT2D eigenvalue weighted by molar-refractivity contribution is 0.594. The van der Waals surface area contributed by atoms with Gasteiger partial charge in [0.15, 0.2) is 0 Å². The number of aryl methyl sites for hydroxylation is 3. The molecule has 1 unspecified atom stereocenters. The largest absolute Gasteiger partial charge is 0.306 e. The minimum Gasteiger partial charge on any atom is -0.306 e. The molecule has 2 aromatic carbocycles. The number of nitrogens with one attached hydrogen (secondary N) is 1. The van der Waals surface area contributed by atoms with Crippen LogP contribution in [0.25, 0.3) is 0 Å². The van der Waals surface area contributed by atoms with Gasteiger partial charge in [0.05, 0.1) is 6.04 Å². The van der Waals surface area contributed by atoms with Gasteiger partial charge in [0.2, 0.25) is 0 Å². The molecule has 21 heavy (non-hydrogen) atoms. The van der Waals surface area contributed by atoms with Crippen LogP contribution < -0.4 is 5.32 Å². The molecule has 0 aliphatic rings. The van der Waals surface area contributed by atoms with Crippen molar-refractivity contribution in [3.8, 4) is 0 Å². The van der Waals surface area contributed by atoms with Crippen molar-refractivity contribution in [3.05, 3.63) is 69.2 Å². The number of hydrogen-bond donors (Lipinski definition) is 1. The van der Waals surface area contributed by atoms with Gasteiger partial charge in [-0.3, -0.25) is 0 Å². The van der Waals surface area contributed by atoms with Gasteiger partial charge in [-0.25, -0.2) is 0 Å². The fourth-order valence-corrected chi connectivity index (χ4v) is 3.21. The minimum atomic E-state index is 0.198. The van der Waals surface area contributed by atoms with Gasteiger partial charge in [0, 0.05) is 5.02 Å². The van der Waals surface area contributed by atoms with Crippen LogP contribution in [0.1, 0.15) is 47.2 Å². The Labute approximate surface area is 133 Å². The summed E-state index contributed by atoms with van der Waals surface area (Å²) in [6.45, 7) is 9.72. The molecule has 0 aliphatic heterocycles. The zero-order chi connectivity index (χ0) is 15.4. The van der Waals surface area contributed by atoms with E-state index in [-0.39, 0.29) is 6.04 Å². The van der Waals surface area contributed by atoms with Crippen LogP contribution in [0.5, 0.6) is 0 Å². The van der Waals surface area contributed by atoms with E-state index in [9.17, 15) is 0 Å². The van der Waals surface area contributed by atoms with Crippen molar-refractivity contribution in [2.75, 3.05) is 6.54 Å². The molecule has 112 valence electrons. The zero-order valence-electron chi connectivity index (χ0n) is 13.3. The molecule has 0 saturated carbocycles. The van der Waals surface area contributed by atoms with Crippen molar-refractivity contribution < 1.29 is 0 Å². The summed E-state index contributed by atoms with van der Waals surface area (Å²) < 4.78 is 0. The molecule has 2 rings (SSSR count). The molecule has 2 aromatic rings. The van der Waals surface area contributed by atoms with Gasteiger partial charge in [0.1, 0.15) is 0 Å². The van der Waals surface area contributed by atoms with E-state index in [1.807, 2.05) is 12.1 Å². The Bertz CT molecular complexity index is 596. The Morgan fingerprint density at radius 2 is 1.71 bits per heavy atom. The van der Waals surface area contributed by atoms with Gasteiger partial charge in [-0.15, -0.1) is 0 Å². The molecule has 1 N–H and O–H groups in total. The third kappa shape index (κ3) is 3.87. The van der Waals surface area contributed by atoms with Gasteiger partial charge in [0.25, 0.3) is 0 Å². The molecule has 1 nitrogen and oxygen atoms in total. The molecule has 0 aliphatic carbocycles. The van der Waals surface area contributed by atoms with Crippen LogP contribution in [0, 0.1) is 20.8 Å². The van der Waals surface area contributed by atoms with Crippen LogP contribution in [0.15, 0.2) is 36.4 Å². The lowest BCUT2D eigenvalue weighted by atomic mass is 9.90. The molecule has 1 atom stereocenters. The highest BCUT2D eigenvalue weighted by Gasteiger charge is 2.18. The number of hydrogen-bond acceptors (Lipinski definition) is 1. The third-order valence-electron chi connectivity index (χ3n) is 3.81. The second-order valence-corrected chi connectivity index (χ2v) is 6.19. The maximum atomic E-state index is 6.19. The average molecular weight is 302 g/mol. The first-order valence-corrected chi connectivity index (χ1v) is 7.97. The van der Waals surface area contributed by atoms with Gasteiger partial charge in [-0.1, -0.05) is 48.4 Å². The summed E-state index contributed by atoms with van der Waals surface area (Å²) >= 11 is 6.19. The highest BCUT2D eigenvalue weighted by Crippen LogP contribution is 2.30. The Morgan fingerprint density at radius 3 is 2.29 bits per heavy atom. The molecule has 0 saturated heterocycles. The summed E-state index contributed by atoms with van der Waals surface area (Å²) in [5.41, 5.74) is 6.58. The Morgan fingerprint density at radius 1 is 1.05 bits per heavy atom. The van der Waals surface area contributed by atoms with Crippen molar-refractivity contribution >= 4 is 11.6 Å². The van der Waals surface area contributed by atoms with Crippen molar-refractivity contribution in [2.45, 2.75) is 40.2 Å². The van der Waals surface area contributed by atoms with Gasteiger partial charge in [-0.05, 0) is 68.1 Å². The van der Waals surface area contributed by atoms with E-state index in [1.165, 1.54) is 27.8 Å². The van der Waals surface area contributed by atoms with Crippen LogP contribution in [-0.4, -0.2) is 6.54 Å².